The lowest BCUT2D eigenvalue weighted by molar-refractivity contribution is 0.0478. The number of hydrogen-bond donors (Lipinski definition) is 2. The molecule has 0 fully saturated rings. The first-order chi connectivity index (χ1) is 7.10. The molecule has 0 aliphatic carbocycles. The third kappa shape index (κ3) is 6.24. The predicted octanol–water partition coefficient (Wildman–Crippen LogP) is 0.245. The summed E-state index contributed by atoms with van der Waals surface area (Å²) in [4.78, 5) is 0. The van der Waals surface area contributed by atoms with Crippen LogP contribution < -0.4 is 0 Å². The van der Waals surface area contributed by atoms with Gasteiger partial charge in [-0.1, -0.05) is 13.8 Å². The fourth-order valence-corrected chi connectivity index (χ4v) is 3.79. The van der Waals surface area contributed by atoms with Crippen molar-refractivity contribution < 1.29 is 23.5 Å². The second-order valence-corrected chi connectivity index (χ2v) is 6.39. The molecule has 6 heteroatoms. The third-order valence-electron chi connectivity index (χ3n) is 1.80. The van der Waals surface area contributed by atoms with Crippen molar-refractivity contribution in [2.24, 2.45) is 5.92 Å². The second kappa shape index (κ2) is 8.20. The molecule has 0 aliphatic heterocycles. The van der Waals surface area contributed by atoms with Crippen molar-refractivity contribution in [3.63, 3.8) is 0 Å². The lowest BCUT2D eigenvalue weighted by Crippen LogP contribution is -2.47. The van der Waals surface area contributed by atoms with Crippen LogP contribution in [0.1, 0.15) is 13.8 Å². The minimum atomic E-state index is -2.69. The van der Waals surface area contributed by atoms with E-state index in [1.54, 1.807) is 7.11 Å². The van der Waals surface area contributed by atoms with Gasteiger partial charge in [-0.15, -0.1) is 0 Å². The molecule has 0 saturated heterocycles. The normalized spacial score (nSPS) is 12.4. The molecule has 0 aromatic carbocycles. The Kier molecular flexibility index (Phi) is 8.21. The summed E-state index contributed by atoms with van der Waals surface area (Å²) >= 11 is 0. The van der Waals surface area contributed by atoms with E-state index in [1.165, 1.54) is 0 Å². The first kappa shape index (κ1) is 15.0. The average Bonchev–Trinajstić information content (AvgIpc) is 2.22. The highest BCUT2D eigenvalue weighted by atomic mass is 28.4. The van der Waals surface area contributed by atoms with E-state index in [2.05, 4.69) is 0 Å². The van der Waals surface area contributed by atoms with Crippen LogP contribution in [0.2, 0.25) is 6.04 Å². The predicted molar refractivity (Wildman–Crippen MR) is 58.5 cm³/mol. The first-order valence-corrected chi connectivity index (χ1v) is 7.08. The van der Waals surface area contributed by atoms with Gasteiger partial charge in [-0.05, 0) is 5.92 Å². The molecule has 0 atom stereocenters. The Bertz CT molecular complexity index is 145. The highest BCUT2D eigenvalue weighted by Gasteiger charge is 2.40. The number of aliphatic hydroxyl groups excluding tert-OH is 2. The molecule has 0 spiro atoms. The van der Waals surface area contributed by atoms with Crippen molar-refractivity contribution in [1.82, 2.24) is 0 Å². The van der Waals surface area contributed by atoms with E-state index in [9.17, 15) is 0 Å². The molecule has 0 aromatic rings. The standard InChI is InChI=1S/C9H22O5Si/c1-9(2)8-15(12-3,13-6-4-10)14-7-5-11/h9-11H,4-8H2,1-3H3. The Balaban J connectivity index is 4.30. The van der Waals surface area contributed by atoms with Gasteiger partial charge in [0.05, 0.1) is 26.4 Å². The van der Waals surface area contributed by atoms with E-state index in [0.29, 0.717) is 12.0 Å². The molecule has 92 valence electrons. The average molecular weight is 238 g/mol. The summed E-state index contributed by atoms with van der Waals surface area (Å²) in [5.41, 5.74) is 0. The summed E-state index contributed by atoms with van der Waals surface area (Å²) in [6, 6.07) is 0.684. The summed E-state index contributed by atoms with van der Waals surface area (Å²) in [6.45, 7) is 4.39. The van der Waals surface area contributed by atoms with Gasteiger partial charge < -0.3 is 23.5 Å². The van der Waals surface area contributed by atoms with Crippen molar-refractivity contribution in [3.8, 4) is 0 Å². The number of aliphatic hydroxyl groups is 2. The fourth-order valence-electron chi connectivity index (χ4n) is 1.26. The molecule has 2 N–H and O–H groups in total. The maximum absolute atomic E-state index is 8.72. The van der Waals surface area contributed by atoms with E-state index in [-0.39, 0.29) is 26.4 Å². The maximum Gasteiger partial charge on any atom is 0.501 e. The van der Waals surface area contributed by atoms with E-state index in [4.69, 9.17) is 23.5 Å². The third-order valence-corrected chi connectivity index (χ3v) is 5.02. The van der Waals surface area contributed by atoms with Gasteiger partial charge in [-0.3, -0.25) is 0 Å². The summed E-state index contributed by atoms with van der Waals surface area (Å²) in [5, 5.41) is 17.4. The molecule has 5 nitrogen and oxygen atoms in total. The van der Waals surface area contributed by atoms with Crippen LogP contribution >= 0.6 is 0 Å². The SMILES string of the molecule is CO[Si](CC(C)C)(OCCO)OCCO. The van der Waals surface area contributed by atoms with Gasteiger partial charge >= 0.3 is 8.80 Å². The van der Waals surface area contributed by atoms with Crippen LogP contribution in [-0.4, -0.2) is 52.6 Å². The van der Waals surface area contributed by atoms with Gasteiger partial charge in [-0.25, -0.2) is 0 Å². The van der Waals surface area contributed by atoms with Crippen LogP contribution in [0.15, 0.2) is 0 Å². The molecule has 0 heterocycles. The van der Waals surface area contributed by atoms with Crippen LogP contribution in [0.25, 0.3) is 0 Å². The zero-order chi connectivity index (χ0) is 11.7. The first-order valence-electron chi connectivity index (χ1n) is 5.15. The molecule has 0 unspecified atom stereocenters. The second-order valence-electron chi connectivity index (χ2n) is 3.63. The minimum absolute atomic E-state index is 0.0569. The lowest BCUT2D eigenvalue weighted by Gasteiger charge is -2.29. The van der Waals surface area contributed by atoms with Gasteiger partial charge in [0.25, 0.3) is 0 Å². The Labute approximate surface area is 92.3 Å². The minimum Gasteiger partial charge on any atom is -0.394 e. The Morgan fingerprint density at radius 3 is 1.80 bits per heavy atom. The maximum atomic E-state index is 8.72. The van der Waals surface area contributed by atoms with E-state index >= 15 is 0 Å². The largest absolute Gasteiger partial charge is 0.501 e. The molecular formula is C9H22O5Si. The summed E-state index contributed by atoms with van der Waals surface area (Å²) < 4.78 is 16.3. The zero-order valence-electron chi connectivity index (χ0n) is 9.73. The number of rotatable bonds is 9. The highest BCUT2D eigenvalue weighted by molar-refractivity contribution is 6.60. The van der Waals surface area contributed by atoms with E-state index in [0.717, 1.165) is 0 Å². The Morgan fingerprint density at radius 1 is 1.07 bits per heavy atom. The van der Waals surface area contributed by atoms with Gasteiger partial charge in [0, 0.05) is 13.2 Å². The van der Waals surface area contributed by atoms with Crippen molar-refractivity contribution in [3.05, 3.63) is 0 Å². The van der Waals surface area contributed by atoms with E-state index in [1.807, 2.05) is 13.8 Å². The van der Waals surface area contributed by atoms with Crippen LogP contribution in [0, 0.1) is 5.92 Å². The zero-order valence-corrected chi connectivity index (χ0v) is 10.7. The highest BCUT2D eigenvalue weighted by Crippen LogP contribution is 2.20. The number of hydrogen-bond acceptors (Lipinski definition) is 5. The lowest BCUT2D eigenvalue weighted by atomic mass is 10.3. The van der Waals surface area contributed by atoms with Gasteiger partial charge in [0.15, 0.2) is 0 Å². The molecule has 0 rings (SSSR count). The van der Waals surface area contributed by atoms with Crippen molar-refractivity contribution in [2.75, 3.05) is 33.5 Å². The van der Waals surface area contributed by atoms with Gasteiger partial charge in [0.2, 0.25) is 0 Å². The van der Waals surface area contributed by atoms with E-state index < -0.39 is 8.80 Å². The summed E-state index contributed by atoms with van der Waals surface area (Å²) in [6.07, 6.45) is 0. The fraction of sp³-hybridized carbons (Fsp3) is 1.00. The smallest absolute Gasteiger partial charge is 0.394 e. The molecular weight excluding hydrogens is 216 g/mol. The van der Waals surface area contributed by atoms with Gasteiger partial charge in [-0.2, -0.15) is 0 Å². The molecule has 15 heavy (non-hydrogen) atoms. The molecule has 0 aromatic heterocycles. The van der Waals surface area contributed by atoms with Crippen molar-refractivity contribution in [1.29, 1.82) is 0 Å². The Morgan fingerprint density at radius 2 is 1.53 bits per heavy atom. The topological polar surface area (TPSA) is 68.2 Å². The molecule has 0 saturated carbocycles. The summed E-state index contributed by atoms with van der Waals surface area (Å²) in [5.74, 6) is 0.383. The van der Waals surface area contributed by atoms with Crippen LogP contribution in [0.3, 0.4) is 0 Å². The van der Waals surface area contributed by atoms with Crippen LogP contribution in [-0.2, 0) is 13.3 Å². The van der Waals surface area contributed by atoms with Crippen LogP contribution in [0.5, 0.6) is 0 Å². The van der Waals surface area contributed by atoms with Crippen molar-refractivity contribution >= 4 is 8.80 Å². The quantitative estimate of drug-likeness (QED) is 0.563. The van der Waals surface area contributed by atoms with Gasteiger partial charge in [0.1, 0.15) is 0 Å². The monoisotopic (exact) mass is 238 g/mol. The molecule has 0 radical (unpaired) electrons. The molecule has 0 bridgehead atoms. The molecule has 0 amide bonds. The summed E-state index contributed by atoms with van der Waals surface area (Å²) in [7, 11) is -1.15. The Hall–Kier alpha value is 0.0169. The molecule has 0 aliphatic rings. The van der Waals surface area contributed by atoms with Crippen LogP contribution in [0.4, 0.5) is 0 Å². The van der Waals surface area contributed by atoms with Crippen molar-refractivity contribution in [2.45, 2.75) is 19.9 Å².